The van der Waals surface area contributed by atoms with Gasteiger partial charge in [-0.15, -0.1) is 11.3 Å². The Kier molecular flexibility index (Phi) is 4.54. The lowest BCUT2D eigenvalue weighted by Crippen LogP contribution is -2.31. The lowest BCUT2D eigenvalue weighted by molar-refractivity contribution is 0.478. The van der Waals surface area contributed by atoms with E-state index in [4.69, 9.17) is 11.6 Å². The molecule has 124 valence electrons. The van der Waals surface area contributed by atoms with Crippen LogP contribution in [0.25, 0.3) is 0 Å². The van der Waals surface area contributed by atoms with Crippen LogP contribution < -0.4 is 0 Å². The van der Waals surface area contributed by atoms with E-state index in [9.17, 15) is 16.8 Å². The predicted molar refractivity (Wildman–Crippen MR) is 90.1 cm³/mol. The van der Waals surface area contributed by atoms with Crippen molar-refractivity contribution in [2.75, 3.05) is 13.1 Å². The van der Waals surface area contributed by atoms with Crippen molar-refractivity contribution in [3.05, 3.63) is 46.8 Å². The first-order valence-corrected chi connectivity index (χ1v) is 11.0. The van der Waals surface area contributed by atoms with Crippen LogP contribution in [0.15, 0.2) is 51.6 Å². The smallest absolute Gasteiger partial charge is 0.223 e. The molecule has 9 heteroatoms. The summed E-state index contributed by atoms with van der Waals surface area (Å²) in [6.45, 7) is 0.156. The Balaban J connectivity index is 1.84. The maximum absolute atomic E-state index is 12.6. The molecular formula is C14H14ClNO4S3. The minimum absolute atomic E-state index is 0.0327. The van der Waals surface area contributed by atoms with Gasteiger partial charge >= 0.3 is 0 Å². The van der Waals surface area contributed by atoms with Gasteiger partial charge in [0.1, 0.15) is 4.21 Å². The predicted octanol–water partition coefficient (Wildman–Crippen LogP) is 2.64. The molecule has 3 rings (SSSR count). The van der Waals surface area contributed by atoms with Gasteiger partial charge in [-0.05, 0) is 30.7 Å². The van der Waals surface area contributed by atoms with Gasteiger partial charge in [-0.25, -0.2) is 16.8 Å². The Bertz CT molecular complexity index is 907. The molecular weight excluding hydrogens is 378 g/mol. The van der Waals surface area contributed by atoms with Crippen LogP contribution in [-0.2, 0) is 19.9 Å². The average Bonchev–Trinajstić information content (AvgIpc) is 3.18. The summed E-state index contributed by atoms with van der Waals surface area (Å²) in [4.78, 5) is 0.225. The lowest BCUT2D eigenvalue weighted by atomic mass is 10.4. The number of thiophene rings is 1. The minimum atomic E-state index is -3.69. The van der Waals surface area contributed by atoms with Gasteiger partial charge in [-0.2, -0.15) is 4.31 Å². The summed E-state index contributed by atoms with van der Waals surface area (Å²) in [5, 5.41) is -0.727. The van der Waals surface area contributed by atoms with E-state index in [1.165, 1.54) is 28.6 Å². The quantitative estimate of drug-likeness (QED) is 0.803. The largest absolute Gasteiger partial charge is 0.252 e. The second kappa shape index (κ2) is 6.18. The topological polar surface area (TPSA) is 71.5 Å². The molecule has 5 nitrogen and oxygen atoms in total. The highest BCUT2D eigenvalue weighted by molar-refractivity contribution is 7.92. The van der Waals surface area contributed by atoms with Gasteiger partial charge < -0.3 is 0 Å². The van der Waals surface area contributed by atoms with Crippen LogP contribution in [0, 0.1) is 0 Å². The zero-order valence-corrected chi connectivity index (χ0v) is 15.1. The third-order valence-electron chi connectivity index (χ3n) is 3.76. The van der Waals surface area contributed by atoms with Crippen molar-refractivity contribution in [3.63, 3.8) is 0 Å². The summed E-state index contributed by atoms with van der Waals surface area (Å²) in [5.74, 6) is 0. The molecule has 1 fully saturated rings. The molecule has 0 saturated carbocycles. The van der Waals surface area contributed by atoms with E-state index in [2.05, 4.69) is 0 Å². The normalized spacial score (nSPS) is 20.0. The highest BCUT2D eigenvalue weighted by Crippen LogP contribution is 2.32. The molecule has 1 aromatic heterocycles. The first-order valence-electron chi connectivity index (χ1n) is 6.86. The second-order valence-corrected chi connectivity index (χ2v) is 11.3. The molecule has 0 unspecified atom stereocenters. The van der Waals surface area contributed by atoms with E-state index < -0.39 is 25.1 Å². The molecule has 2 heterocycles. The van der Waals surface area contributed by atoms with E-state index in [0.717, 1.165) is 11.3 Å². The third-order valence-corrected chi connectivity index (χ3v) is 9.52. The molecule has 1 atom stereocenters. The zero-order valence-electron chi connectivity index (χ0n) is 11.9. The maximum Gasteiger partial charge on any atom is 0.252 e. The van der Waals surface area contributed by atoms with Gasteiger partial charge in [0.2, 0.25) is 0 Å². The molecule has 1 aliphatic rings. The Hall–Kier alpha value is -0.930. The van der Waals surface area contributed by atoms with E-state index >= 15 is 0 Å². The lowest BCUT2D eigenvalue weighted by Gasteiger charge is -2.15. The number of nitrogens with zero attached hydrogens (tertiary/aromatic N) is 1. The molecule has 2 aromatic rings. The molecule has 1 saturated heterocycles. The Morgan fingerprint density at radius 2 is 1.74 bits per heavy atom. The summed E-state index contributed by atoms with van der Waals surface area (Å²) in [5.41, 5.74) is 0. The van der Waals surface area contributed by atoms with Crippen molar-refractivity contribution in [1.82, 2.24) is 4.31 Å². The molecule has 0 N–H and O–H groups in total. The molecule has 1 aliphatic heterocycles. The Morgan fingerprint density at radius 1 is 1.04 bits per heavy atom. The van der Waals surface area contributed by atoms with Gasteiger partial charge in [0.05, 0.1) is 14.5 Å². The summed E-state index contributed by atoms with van der Waals surface area (Å²) in [6, 6.07) is 11.1. The van der Waals surface area contributed by atoms with E-state index in [-0.39, 0.29) is 28.6 Å². The van der Waals surface area contributed by atoms with Crippen molar-refractivity contribution in [1.29, 1.82) is 0 Å². The fraction of sp³-hybridized carbons (Fsp3) is 0.286. The summed E-state index contributed by atoms with van der Waals surface area (Å²) in [6.07, 6.45) is 0.287. The monoisotopic (exact) mass is 391 g/mol. The van der Waals surface area contributed by atoms with Crippen LogP contribution in [-0.4, -0.2) is 39.5 Å². The van der Waals surface area contributed by atoms with Crippen LogP contribution >= 0.6 is 22.9 Å². The van der Waals surface area contributed by atoms with Crippen molar-refractivity contribution < 1.29 is 16.8 Å². The van der Waals surface area contributed by atoms with E-state index in [1.807, 2.05) is 0 Å². The molecule has 0 radical (unpaired) electrons. The van der Waals surface area contributed by atoms with Crippen LogP contribution in [0.3, 0.4) is 0 Å². The number of sulfone groups is 1. The summed E-state index contributed by atoms with van der Waals surface area (Å²) < 4.78 is 52.0. The Morgan fingerprint density at radius 3 is 2.35 bits per heavy atom. The first-order chi connectivity index (χ1) is 10.8. The van der Waals surface area contributed by atoms with Crippen LogP contribution in [0.2, 0.25) is 4.34 Å². The van der Waals surface area contributed by atoms with Crippen molar-refractivity contribution >= 4 is 42.8 Å². The fourth-order valence-corrected chi connectivity index (χ4v) is 7.48. The molecule has 1 aromatic carbocycles. The first kappa shape index (κ1) is 16.9. The molecule has 0 amide bonds. The van der Waals surface area contributed by atoms with Crippen LogP contribution in [0.1, 0.15) is 6.42 Å². The molecule has 0 bridgehead atoms. The fourth-order valence-electron chi connectivity index (χ4n) is 2.54. The highest BCUT2D eigenvalue weighted by atomic mass is 35.5. The number of benzene rings is 1. The minimum Gasteiger partial charge on any atom is -0.223 e. The van der Waals surface area contributed by atoms with Crippen molar-refractivity contribution in [2.24, 2.45) is 0 Å². The van der Waals surface area contributed by atoms with Gasteiger partial charge in [0.15, 0.2) is 9.84 Å². The molecule has 0 spiro atoms. The molecule has 23 heavy (non-hydrogen) atoms. The van der Waals surface area contributed by atoms with Crippen molar-refractivity contribution in [3.8, 4) is 0 Å². The van der Waals surface area contributed by atoms with Crippen LogP contribution in [0.4, 0.5) is 0 Å². The third kappa shape index (κ3) is 3.18. The second-order valence-electron chi connectivity index (χ2n) is 5.19. The van der Waals surface area contributed by atoms with E-state index in [0.29, 0.717) is 4.34 Å². The zero-order chi connectivity index (χ0) is 16.7. The number of rotatable bonds is 4. The van der Waals surface area contributed by atoms with Gasteiger partial charge in [0.25, 0.3) is 10.0 Å². The van der Waals surface area contributed by atoms with Gasteiger partial charge in [-0.1, -0.05) is 29.8 Å². The SMILES string of the molecule is O=S(=O)(c1ccccc1)[C@@H]1CCN(S(=O)(=O)c2ccc(Cl)s2)C1. The van der Waals surface area contributed by atoms with Crippen LogP contribution in [0.5, 0.6) is 0 Å². The molecule has 0 aliphatic carbocycles. The number of hydrogen-bond donors (Lipinski definition) is 0. The van der Waals surface area contributed by atoms with Gasteiger partial charge in [0, 0.05) is 13.1 Å². The average molecular weight is 392 g/mol. The number of halogens is 1. The number of sulfonamides is 1. The highest BCUT2D eigenvalue weighted by Gasteiger charge is 2.39. The van der Waals surface area contributed by atoms with Crippen molar-refractivity contribution in [2.45, 2.75) is 20.8 Å². The summed E-state index contributed by atoms with van der Waals surface area (Å²) in [7, 11) is -7.23. The standard InChI is InChI=1S/C14H14ClNO4S3/c15-13-6-7-14(21-13)23(19,20)16-9-8-12(10-16)22(17,18)11-4-2-1-3-5-11/h1-7,12H,8-10H2/t12-/m1/s1. The maximum atomic E-state index is 12.6. The van der Waals surface area contributed by atoms with Gasteiger partial charge in [-0.3, -0.25) is 0 Å². The van der Waals surface area contributed by atoms with E-state index in [1.54, 1.807) is 18.2 Å². The Labute approximate surface area is 144 Å². The summed E-state index contributed by atoms with van der Waals surface area (Å²) >= 11 is 6.77. The number of hydrogen-bond acceptors (Lipinski definition) is 5.